The lowest BCUT2D eigenvalue weighted by molar-refractivity contribution is 0.0597. The largest absolute Gasteiger partial charge is 0.507 e. The Labute approximate surface area is 114 Å². The number of phenolic OH excluding ortho intramolecular Hbond substituents is 1. The van der Waals surface area contributed by atoms with Crippen molar-refractivity contribution in [3.63, 3.8) is 0 Å². The minimum absolute atomic E-state index is 0.0123. The van der Waals surface area contributed by atoms with E-state index < -0.39 is 5.97 Å². The molecule has 106 valence electrons. The smallest absolute Gasteiger partial charge is 0.341 e. The van der Waals surface area contributed by atoms with Gasteiger partial charge in [0, 0.05) is 6.04 Å². The number of nitrogens with one attached hydrogen (secondary N) is 1. The zero-order valence-electron chi connectivity index (χ0n) is 11.9. The number of rotatable bonds is 2. The molecule has 1 fully saturated rings. The predicted molar refractivity (Wildman–Crippen MR) is 75.4 cm³/mol. The van der Waals surface area contributed by atoms with Crippen LogP contribution in [0.5, 0.6) is 5.75 Å². The molecule has 19 heavy (non-hydrogen) atoms. The van der Waals surface area contributed by atoms with Crippen molar-refractivity contribution in [2.24, 2.45) is 0 Å². The van der Waals surface area contributed by atoms with Crippen molar-refractivity contribution < 1.29 is 14.6 Å². The highest BCUT2D eigenvalue weighted by Crippen LogP contribution is 2.27. The van der Waals surface area contributed by atoms with Crippen LogP contribution >= 0.6 is 0 Å². The van der Waals surface area contributed by atoms with E-state index in [4.69, 9.17) is 0 Å². The maximum absolute atomic E-state index is 11.3. The monoisotopic (exact) mass is 265 g/mol. The van der Waals surface area contributed by atoms with Gasteiger partial charge < -0.3 is 15.2 Å². The SMILES string of the molecule is CC.COC(=O)c1ccc(C2CCCCN2)cc1O. The van der Waals surface area contributed by atoms with Crippen LogP contribution in [0.15, 0.2) is 18.2 Å². The summed E-state index contributed by atoms with van der Waals surface area (Å²) in [5.41, 5.74) is 1.24. The second-order valence-electron chi connectivity index (χ2n) is 4.27. The Kier molecular flexibility index (Phi) is 6.36. The molecule has 1 aliphatic rings. The molecule has 2 rings (SSSR count). The molecule has 1 unspecified atom stereocenters. The summed E-state index contributed by atoms with van der Waals surface area (Å²) in [6.07, 6.45) is 3.46. The van der Waals surface area contributed by atoms with Gasteiger partial charge in [-0.3, -0.25) is 0 Å². The van der Waals surface area contributed by atoms with E-state index in [9.17, 15) is 9.90 Å². The molecule has 0 aromatic heterocycles. The molecular formula is C15H23NO3. The molecular weight excluding hydrogens is 242 g/mol. The fourth-order valence-electron chi connectivity index (χ4n) is 2.18. The van der Waals surface area contributed by atoms with Crippen molar-refractivity contribution in [3.05, 3.63) is 29.3 Å². The van der Waals surface area contributed by atoms with E-state index in [1.54, 1.807) is 12.1 Å². The van der Waals surface area contributed by atoms with Crippen LogP contribution in [-0.4, -0.2) is 24.7 Å². The molecule has 0 bridgehead atoms. The molecule has 0 amide bonds. The zero-order chi connectivity index (χ0) is 14.3. The third-order valence-corrected chi connectivity index (χ3v) is 3.14. The van der Waals surface area contributed by atoms with E-state index in [-0.39, 0.29) is 17.4 Å². The number of hydrogen-bond acceptors (Lipinski definition) is 4. The number of phenols is 1. The number of methoxy groups -OCH3 is 1. The van der Waals surface area contributed by atoms with Gasteiger partial charge >= 0.3 is 5.97 Å². The molecule has 4 heteroatoms. The molecule has 1 heterocycles. The molecule has 1 aromatic rings. The topological polar surface area (TPSA) is 58.6 Å². The van der Waals surface area contributed by atoms with Crippen molar-refractivity contribution in [3.8, 4) is 5.75 Å². The highest BCUT2D eigenvalue weighted by atomic mass is 16.5. The zero-order valence-corrected chi connectivity index (χ0v) is 11.9. The number of carbonyl (C=O) groups is 1. The summed E-state index contributed by atoms with van der Waals surface area (Å²) >= 11 is 0. The first-order chi connectivity index (χ1) is 9.22. The summed E-state index contributed by atoms with van der Waals surface area (Å²) in [4.78, 5) is 11.3. The van der Waals surface area contributed by atoms with E-state index >= 15 is 0 Å². The van der Waals surface area contributed by atoms with Gasteiger partial charge in [0.25, 0.3) is 0 Å². The van der Waals surface area contributed by atoms with E-state index in [1.807, 2.05) is 19.9 Å². The van der Waals surface area contributed by atoms with Gasteiger partial charge in [-0.15, -0.1) is 0 Å². The highest BCUT2D eigenvalue weighted by Gasteiger charge is 2.18. The van der Waals surface area contributed by atoms with Crippen LogP contribution in [0.3, 0.4) is 0 Å². The van der Waals surface area contributed by atoms with Crippen LogP contribution < -0.4 is 5.32 Å². The Morgan fingerprint density at radius 2 is 2.11 bits per heavy atom. The summed E-state index contributed by atoms with van der Waals surface area (Å²) in [5, 5.41) is 13.2. The first-order valence-corrected chi connectivity index (χ1v) is 6.87. The normalized spacial score (nSPS) is 18.2. The van der Waals surface area contributed by atoms with Gasteiger partial charge in [0.15, 0.2) is 0 Å². The fraction of sp³-hybridized carbons (Fsp3) is 0.533. The molecule has 0 saturated carbocycles. The van der Waals surface area contributed by atoms with Crippen molar-refractivity contribution in [1.82, 2.24) is 5.32 Å². The van der Waals surface area contributed by atoms with Crippen LogP contribution in [-0.2, 0) is 4.74 Å². The van der Waals surface area contributed by atoms with Crippen molar-refractivity contribution in [2.75, 3.05) is 13.7 Å². The second-order valence-corrected chi connectivity index (χ2v) is 4.27. The Balaban J connectivity index is 0.000000861. The fourth-order valence-corrected chi connectivity index (χ4v) is 2.18. The van der Waals surface area contributed by atoms with Crippen LogP contribution in [0, 0.1) is 0 Å². The van der Waals surface area contributed by atoms with Gasteiger partial charge in [-0.05, 0) is 37.1 Å². The Hall–Kier alpha value is -1.55. The molecule has 0 radical (unpaired) electrons. The number of aromatic hydroxyl groups is 1. The lowest BCUT2D eigenvalue weighted by Crippen LogP contribution is -2.26. The summed E-state index contributed by atoms with van der Waals surface area (Å²) < 4.78 is 4.59. The van der Waals surface area contributed by atoms with Crippen LogP contribution in [0.25, 0.3) is 0 Å². The number of esters is 1. The van der Waals surface area contributed by atoms with E-state index in [1.165, 1.54) is 20.0 Å². The minimum Gasteiger partial charge on any atom is -0.507 e. The molecule has 4 nitrogen and oxygen atoms in total. The Bertz CT molecular complexity index is 412. The van der Waals surface area contributed by atoms with Gasteiger partial charge in [-0.25, -0.2) is 4.79 Å². The van der Waals surface area contributed by atoms with Crippen molar-refractivity contribution >= 4 is 5.97 Å². The maximum atomic E-state index is 11.3. The predicted octanol–water partition coefficient (Wildman–Crippen LogP) is 3.02. The first kappa shape index (κ1) is 15.5. The first-order valence-electron chi connectivity index (χ1n) is 6.87. The van der Waals surface area contributed by atoms with Gasteiger partial charge in [0.2, 0.25) is 0 Å². The maximum Gasteiger partial charge on any atom is 0.341 e. The molecule has 0 spiro atoms. The quantitative estimate of drug-likeness (QED) is 0.807. The number of piperidine rings is 1. The average Bonchev–Trinajstić information content (AvgIpc) is 2.49. The van der Waals surface area contributed by atoms with Crippen molar-refractivity contribution in [2.45, 2.75) is 39.2 Å². The molecule has 1 saturated heterocycles. The molecule has 0 aliphatic carbocycles. The van der Waals surface area contributed by atoms with Gasteiger partial charge in [-0.1, -0.05) is 26.3 Å². The van der Waals surface area contributed by atoms with Gasteiger partial charge in [0.05, 0.1) is 7.11 Å². The van der Waals surface area contributed by atoms with Crippen molar-refractivity contribution in [1.29, 1.82) is 0 Å². The Morgan fingerprint density at radius 3 is 2.63 bits per heavy atom. The summed E-state index contributed by atoms with van der Waals surface area (Å²) in [7, 11) is 1.30. The lowest BCUT2D eigenvalue weighted by Gasteiger charge is -2.24. The molecule has 1 aromatic carbocycles. The van der Waals surface area contributed by atoms with Gasteiger partial charge in [0.1, 0.15) is 11.3 Å². The third kappa shape index (κ3) is 3.96. The highest BCUT2D eigenvalue weighted by molar-refractivity contribution is 5.92. The average molecular weight is 265 g/mol. The molecule has 1 atom stereocenters. The van der Waals surface area contributed by atoms with E-state index in [0.717, 1.165) is 18.5 Å². The standard InChI is InChI=1S/C13H17NO3.C2H6/c1-17-13(16)10-6-5-9(8-12(10)15)11-4-2-3-7-14-11;1-2/h5-6,8,11,14-15H,2-4,7H2,1H3;1-2H3. The number of ether oxygens (including phenoxy) is 1. The summed E-state index contributed by atoms with van der Waals surface area (Å²) in [5.74, 6) is -0.521. The lowest BCUT2D eigenvalue weighted by atomic mass is 9.96. The third-order valence-electron chi connectivity index (χ3n) is 3.14. The number of benzene rings is 1. The summed E-state index contributed by atoms with van der Waals surface area (Å²) in [6.45, 7) is 5.00. The number of hydrogen-bond donors (Lipinski definition) is 2. The summed E-state index contributed by atoms with van der Waals surface area (Å²) in [6, 6.07) is 5.41. The number of carbonyl (C=O) groups excluding carboxylic acids is 1. The van der Waals surface area contributed by atoms with E-state index in [0.29, 0.717) is 0 Å². The van der Waals surface area contributed by atoms with Crippen LogP contribution in [0.1, 0.15) is 55.1 Å². The Morgan fingerprint density at radius 1 is 1.37 bits per heavy atom. The molecule has 2 N–H and O–H groups in total. The molecule has 1 aliphatic heterocycles. The van der Waals surface area contributed by atoms with E-state index in [2.05, 4.69) is 10.1 Å². The van der Waals surface area contributed by atoms with Gasteiger partial charge in [-0.2, -0.15) is 0 Å². The van der Waals surface area contributed by atoms with Crippen LogP contribution in [0.2, 0.25) is 0 Å². The second kappa shape index (κ2) is 7.79. The minimum atomic E-state index is -0.509. The van der Waals surface area contributed by atoms with Crippen LogP contribution in [0.4, 0.5) is 0 Å².